The molecule has 0 aliphatic heterocycles. The highest BCUT2D eigenvalue weighted by Crippen LogP contribution is 2.22. The first kappa shape index (κ1) is 35.4. The Kier molecular flexibility index (Phi) is 20.4. The van der Waals surface area contributed by atoms with E-state index >= 15 is 0 Å². The molecule has 7 nitrogen and oxygen atoms in total. The Hall–Kier alpha value is -1.63. The van der Waals surface area contributed by atoms with E-state index in [0.29, 0.717) is 13.2 Å². The van der Waals surface area contributed by atoms with Crippen LogP contribution in [0.15, 0.2) is 0 Å². The third kappa shape index (κ3) is 17.5. The van der Waals surface area contributed by atoms with Gasteiger partial charge in [0.2, 0.25) is 0 Å². The van der Waals surface area contributed by atoms with Gasteiger partial charge in [-0.3, -0.25) is 14.4 Å². The molecule has 0 aromatic heterocycles. The lowest BCUT2D eigenvalue weighted by Gasteiger charge is -2.28. The van der Waals surface area contributed by atoms with Crippen LogP contribution >= 0.6 is 0 Å². The number of unbranched alkanes of at least 4 members (excludes halogenated alkanes) is 7. The molecule has 0 fully saturated rings. The lowest BCUT2D eigenvalue weighted by molar-refractivity contribution is -0.169. The number of ether oxygens (including phenoxy) is 4. The van der Waals surface area contributed by atoms with Gasteiger partial charge in [0.1, 0.15) is 12.0 Å². The van der Waals surface area contributed by atoms with Crippen LogP contribution in [0.1, 0.15) is 126 Å². The molecule has 0 bridgehead atoms. The molecule has 0 aliphatic rings. The van der Waals surface area contributed by atoms with Crippen molar-refractivity contribution in [2.24, 2.45) is 17.3 Å². The number of esters is 3. The number of rotatable bonds is 23. The minimum Gasteiger partial charge on any atom is -0.465 e. The second kappa shape index (κ2) is 21.3. The van der Waals surface area contributed by atoms with Gasteiger partial charge >= 0.3 is 17.9 Å². The predicted octanol–water partition coefficient (Wildman–Crippen LogP) is 7.04. The van der Waals surface area contributed by atoms with Gasteiger partial charge in [-0.05, 0) is 59.3 Å². The summed E-state index contributed by atoms with van der Waals surface area (Å²) in [6.45, 7) is 14.1. The smallest absolute Gasteiger partial charge is 0.317 e. The zero-order chi connectivity index (χ0) is 28.1. The summed E-state index contributed by atoms with van der Waals surface area (Å²) in [5.41, 5.74) is -1.05. The number of hydrogen-bond acceptors (Lipinski definition) is 7. The lowest BCUT2D eigenvalue weighted by atomic mass is 9.93. The molecule has 7 heteroatoms. The maximum atomic E-state index is 12.8. The Morgan fingerprint density at radius 1 is 0.649 bits per heavy atom. The first-order chi connectivity index (χ1) is 17.6. The fourth-order valence-corrected chi connectivity index (χ4v) is 3.74. The highest BCUT2D eigenvalue weighted by atomic mass is 16.6. The second-order valence-corrected chi connectivity index (χ2v) is 11.1. The van der Waals surface area contributed by atoms with Gasteiger partial charge in [-0.2, -0.15) is 0 Å². The van der Waals surface area contributed by atoms with Crippen molar-refractivity contribution in [2.45, 2.75) is 132 Å². The zero-order valence-electron chi connectivity index (χ0n) is 24.9. The van der Waals surface area contributed by atoms with Crippen LogP contribution in [0, 0.1) is 17.3 Å². The van der Waals surface area contributed by atoms with E-state index in [1.165, 1.54) is 19.3 Å². The molecule has 0 saturated carbocycles. The van der Waals surface area contributed by atoms with Crippen molar-refractivity contribution >= 4 is 17.9 Å². The van der Waals surface area contributed by atoms with Crippen LogP contribution in [0.3, 0.4) is 0 Å². The van der Waals surface area contributed by atoms with Gasteiger partial charge in [-0.25, -0.2) is 0 Å². The van der Waals surface area contributed by atoms with Gasteiger partial charge in [0, 0.05) is 0 Å². The molecule has 0 radical (unpaired) electrons. The van der Waals surface area contributed by atoms with E-state index in [1.54, 1.807) is 20.8 Å². The normalized spacial score (nSPS) is 13.9. The molecular weight excluding hydrogens is 472 g/mol. The predicted molar refractivity (Wildman–Crippen MR) is 147 cm³/mol. The molecule has 2 unspecified atom stereocenters. The highest BCUT2D eigenvalue weighted by Gasteiger charge is 2.37. The van der Waals surface area contributed by atoms with Crippen molar-refractivity contribution in [3.05, 3.63) is 0 Å². The first-order valence-corrected chi connectivity index (χ1v) is 14.7. The first-order valence-electron chi connectivity index (χ1n) is 14.7. The fraction of sp³-hybridized carbons (Fsp3) is 0.900. The molecule has 0 heterocycles. The fourth-order valence-electron chi connectivity index (χ4n) is 3.74. The molecule has 37 heavy (non-hydrogen) atoms. The molecular formula is C30H56O7. The van der Waals surface area contributed by atoms with Crippen molar-refractivity contribution in [2.75, 3.05) is 26.4 Å². The molecule has 0 amide bonds. The van der Waals surface area contributed by atoms with Gasteiger partial charge in [0.15, 0.2) is 0 Å². The summed E-state index contributed by atoms with van der Waals surface area (Å²) in [5.74, 6) is -1.04. The van der Waals surface area contributed by atoms with Gasteiger partial charge in [-0.1, -0.05) is 66.2 Å². The Morgan fingerprint density at radius 2 is 1.22 bits per heavy atom. The molecule has 0 spiro atoms. The van der Waals surface area contributed by atoms with Crippen LogP contribution in [0.5, 0.6) is 0 Å². The minimum atomic E-state index is -1.05. The molecule has 218 valence electrons. The average molecular weight is 529 g/mol. The van der Waals surface area contributed by atoms with Crippen molar-refractivity contribution in [3.8, 4) is 0 Å². The van der Waals surface area contributed by atoms with E-state index in [-0.39, 0.29) is 43.1 Å². The quantitative estimate of drug-likeness (QED) is 0.0798. The summed E-state index contributed by atoms with van der Waals surface area (Å²) in [4.78, 5) is 37.2. The van der Waals surface area contributed by atoms with Crippen LogP contribution < -0.4 is 0 Å². The van der Waals surface area contributed by atoms with E-state index in [0.717, 1.165) is 57.8 Å². The van der Waals surface area contributed by atoms with E-state index in [4.69, 9.17) is 18.9 Å². The summed E-state index contributed by atoms with van der Waals surface area (Å²) < 4.78 is 22.1. The van der Waals surface area contributed by atoms with Gasteiger partial charge in [0.25, 0.3) is 0 Å². The van der Waals surface area contributed by atoms with Gasteiger partial charge < -0.3 is 18.9 Å². The van der Waals surface area contributed by atoms with Crippen LogP contribution in [0.2, 0.25) is 0 Å². The second-order valence-electron chi connectivity index (χ2n) is 11.1. The van der Waals surface area contributed by atoms with Crippen molar-refractivity contribution < 1.29 is 33.3 Å². The zero-order valence-corrected chi connectivity index (χ0v) is 24.9. The molecule has 0 aromatic rings. The van der Waals surface area contributed by atoms with Crippen molar-refractivity contribution in [1.82, 2.24) is 0 Å². The summed E-state index contributed by atoms with van der Waals surface area (Å²) in [6.07, 6.45) is 12.0. The van der Waals surface area contributed by atoms with Gasteiger partial charge in [-0.15, -0.1) is 0 Å². The monoisotopic (exact) mass is 528 g/mol. The molecule has 0 aromatic carbocycles. The summed E-state index contributed by atoms with van der Waals surface area (Å²) in [5, 5.41) is 0. The third-order valence-electron chi connectivity index (χ3n) is 6.39. The van der Waals surface area contributed by atoms with E-state index in [9.17, 15) is 14.4 Å². The molecule has 0 N–H and O–H groups in total. The maximum absolute atomic E-state index is 12.8. The third-order valence-corrected chi connectivity index (χ3v) is 6.39. The summed E-state index contributed by atoms with van der Waals surface area (Å²) in [7, 11) is 0. The molecule has 0 rings (SSSR count). The number of carbonyl (C=O) groups is 3. The van der Waals surface area contributed by atoms with E-state index < -0.39 is 11.4 Å². The van der Waals surface area contributed by atoms with Crippen LogP contribution in [0.4, 0.5) is 0 Å². The Labute approximate surface area is 226 Å². The number of hydrogen-bond donors (Lipinski definition) is 0. The van der Waals surface area contributed by atoms with E-state index in [1.807, 2.05) is 13.8 Å². The van der Waals surface area contributed by atoms with Crippen LogP contribution in [-0.4, -0.2) is 50.4 Å². The van der Waals surface area contributed by atoms with Crippen molar-refractivity contribution in [1.29, 1.82) is 0 Å². The summed E-state index contributed by atoms with van der Waals surface area (Å²) in [6, 6.07) is 0. The SMILES string of the molecule is CCCCCCC(CCCC)C(=O)OCCCCCCOC(=O)C(C)(COC(=O)C(C)C)COC(C)C. The average Bonchev–Trinajstić information content (AvgIpc) is 2.86. The molecule has 0 aliphatic carbocycles. The van der Waals surface area contributed by atoms with Gasteiger partial charge in [0.05, 0.1) is 37.8 Å². The molecule has 2 atom stereocenters. The van der Waals surface area contributed by atoms with Crippen molar-refractivity contribution in [3.63, 3.8) is 0 Å². The highest BCUT2D eigenvalue weighted by molar-refractivity contribution is 5.78. The van der Waals surface area contributed by atoms with Crippen LogP contribution in [0.25, 0.3) is 0 Å². The Balaban J connectivity index is 4.30. The minimum absolute atomic E-state index is 0.0324. The standard InChI is InChI=1S/C30H56O7/c1-8-10-12-15-19-26(18-11-9-2)28(32)34-20-16-13-14-17-21-35-29(33)30(7,22-36-25(5)6)23-37-27(31)24(3)4/h24-26H,8-23H2,1-7H3. The van der Waals surface area contributed by atoms with E-state index in [2.05, 4.69) is 13.8 Å². The van der Waals surface area contributed by atoms with Crippen LogP contribution in [-0.2, 0) is 33.3 Å². The largest absolute Gasteiger partial charge is 0.465 e. The lowest BCUT2D eigenvalue weighted by Crippen LogP contribution is -2.41. The topological polar surface area (TPSA) is 88.1 Å². The molecule has 0 saturated heterocycles. The number of carbonyl (C=O) groups excluding carboxylic acids is 3. The Morgan fingerprint density at radius 3 is 1.78 bits per heavy atom. The summed E-state index contributed by atoms with van der Waals surface area (Å²) >= 11 is 0. The Bertz CT molecular complexity index is 617. The maximum Gasteiger partial charge on any atom is 0.317 e.